The van der Waals surface area contributed by atoms with Crippen molar-refractivity contribution in [3.63, 3.8) is 0 Å². The molecule has 2 atom stereocenters. The van der Waals surface area contributed by atoms with E-state index < -0.39 is 10.4 Å². The largest absolute Gasteiger partial charge is 0.508 e. The van der Waals surface area contributed by atoms with Crippen LogP contribution in [-0.2, 0) is 19.9 Å². The molecule has 1 N–H and O–H groups in total. The Morgan fingerprint density at radius 1 is 0.824 bits per heavy atom. The zero-order valence-electron chi connectivity index (χ0n) is 19.4. The van der Waals surface area contributed by atoms with E-state index in [0.717, 1.165) is 23.2 Å². The van der Waals surface area contributed by atoms with Crippen LogP contribution in [0, 0.1) is 0 Å². The van der Waals surface area contributed by atoms with Gasteiger partial charge in [-0.25, -0.2) is 0 Å². The van der Waals surface area contributed by atoms with Crippen molar-refractivity contribution in [1.82, 2.24) is 0 Å². The fraction of sp³-hybridized carbons (Fsp3) is 0.286. The highest BCUT2D eigenvalue weighted by Gasteiger charge is 2.65. The minimum atomic E-state index is -1.15. The van der Waals surface area contributed by atoms with Gasteiger partial charge in [0.2, 0.25) is 10.8 Å². The number of hydrogen-bond donors (Lipinski definition) is 1. The molecule has 0 unspecified atom stereocenters. The van der Waals surface area contributed by atoms with E-state index >= 15 is 0 Å². The lowest BCUT2D eigenvalue weighted by atomic mass is 9.65. The number of phenols is 1. The minimum Gasteiger partial charge on any atom is -0.508 e. The number of carbonyl (C=O) groups is 2. The number of anilines is 2. The molecule has 2 amide bonds. The molecule has 1 spiro atoms. The smallest absolute Gasteiger partial charge is 0.269 e. The molecule has 0 bridgehead atoms. The third-order valence-corrected chi connectivity index (χ3v) is 8.98. The van der Waals surface area contributed by atoms with Crippen LogP contribution in [-0.4, -0.2) is 28.2 Å². The molecule has 3 aliphatic rings. The van der Waals surface area contributed by atoms with Gasteiger partial charge in [0.05, 0.1) is 11.4 Å². The quantitative estimate of drug-likeness (QED) is 0.562. The number of benzene rings is 3. The van der Waals surface area contributed by atoms with Crippen LogP contribution in [0.1, 0.15) is 43.9 Å². The van der Waals surface area contributed by atoms with Crippen molar-refractivity contribution in [2.75, 3.05) is 15.6 Å². The van der Waals surface area contributed by atoms with Crippen molar-refractivity contribution >= 4 is 35.0 Å². The van der Waals surface area contributed by atoms with E-state index in [2.05, 4.69) is 51.1 Å². The number of phenolic OH excluding ortho intramolecular Hbond substituents is 1. The second-order valence-electron chi connectivity index (χ2n) is 10.2. The van der Waals surface area contributed by atoms with E-state index in [1.807, 2.05) is 23.1 Å². The molecule has 0 aromatic heterocycles. The summed E-state index contributed by atoms with van der Waals surface area (Å²) in [4.78, 5) is 30.1. The number of para-hydroxylation sites is 1. The molecule has 5 nitrogen and oxygen atoms in total. The Morgan fingerprint density at radius 3 is 2.21 bits per heavy atom. The second kappa shape index (κ2) is 6.89. The summed E-state index contributed by atoms with van der Waals surface area (Å²) >= 11 is 1.39. The summed E-state index contributed by atoms with van der Waals surface area (Å²) < 4.78 is 0. The Kier molecular flexibility index (Phi) is 4.31. The van der Waals surface area contributed by atoms with Gasteiger partial charge in [0.15, 0.2) is 0 Å². The molecule has 172 valence electrons. The van der Waals surface area contributed by atoms with Crippen LogP contribution in [0.5, 0.6) is 5.75 Å². The number of fused-ring (bicyclic) bond motifs is 1. The molecule has 1 fully saturated rings. The topological polar surface area (TPSA) is 60.9 Å². The summed E-state index contributed by atoms with van der Waals surface area (Å²) in [7, 11) is 0. The first-order valence-electron chi connectivity index (χ1n) is 11.5. The fourth-order valence-electron chi connectivity index (χ4n) is 6.31. The monoisotopic (exact) mass is 470 g/mol. The minimum absolute atomic E-state index is 0.0704. The highest BCUT2D eigenvalue weighted by atomic mass is 32.2. The highest BCUT2D eigenvalue weighted by molar-refractivity contribution is 8.02. The predicted octanol–water partition coefficient (Wildman–Crippen LogP) is 5.16. The molecule has 34 heavy (non-hydrogen) atoms. The number of nitrogens with zero attached hydrogens (tertiary/aromatic N) is 2. The van der Waals surface area contributed by atoms with Gasteiger partial charge >= 0.3 is 0 Å². The Bertz CT molecular complexity index is 1340. The number of carbonyl (C=O) groups excluding carboxylic acids is 2. The summed E-state index contributed by atoms with van der Waals surface area (Å²) in [5.74, 6) is 0.168. The first-order chi connectivity index (χ1) is 16.2. The maximum Gasteiger partial charge on any atom is 0.269 e. The summed E-state index contributed by atoms with van der Waals surface area (Å²) in [5, 5.41) is 9.81. The van der Waals surface area contributed by atoms with Crippen molar-refractivity contribution in [2.24, 2.45) is 0 Å². The van der Waals surface area contributed by atoms with Gasteiger partial charge in [-0.15, -0.1) is 11.8 Å². The van der Waals surface area contributed by atoms with Gasteiger partial charge in [0, 0.05) is 22.2 Å². The SMILES string of the molecule is CC1(C)C[C@](C)(c2ccccc2)c2cccc3c2N1C(=O)[C@@]31SCC(=O)N1c1ccc(O)cc1. The van der Waals surface area contributed by atoms with Gasteiger partial charge in [-0.05, 0) is 55.7 Å². The fourth-order valence-corrected chi connectivity index (χ4v) is 7.64. The lowest BCUT2D eigenvalue weighted by Crippen LogP contribution is -2.58. The molecule has 6 rings (SSSR count). The summed E-state index contributed by atoms with van der Waals surface area (Å²) in [5.41, 5.74) is 4.01. The molecule has 0 saturated carbocycles. The maximum atomic E-state index is 14.4. The van der Waals surface area contributed by atoms with Crippen LogP contribution in [0.15, 0.2) is 72.8 Å². The third-order valence-electron chi connectivity index (χ3n) is 7.59. The molecule has 0 radical (unpaired) electrons. The van der Waals surface area contributed by atoms with Crippen LogP contribution in [0.3, 0.4) is 0 Å². The molecule has 6 heteroatoms. The van der Waals surface area contributed by atoms with Gasteiger partial charge in [-0.1, -0.05) is 55.5 Å². The van der Waals surface area contributed by atoms with Crippen molar-refractivity contribution in [3.8, 4) is 5.75 Å². The summed E-state index contributed by atoms with van der Waals surface area (Å²) in [6.07, 6.45) is 0.764. The number of thioether (sulfide) groups is 1. The van der Waals surface area contributed by atoms with Gasteiger partial charge in [-0.2, -0.15) is 0 Å². The molecule has 1 saturated heterocycles. The number of amides is 2. The standard InChI is InChI=1S/C28H26N2O3S/c1-26(2)17-27(3,18-8-5-4-6-9-18)21-10-7-11-22-24(21)30(26)25(33)28(22)29(23(32)16-34-28)19-12-14-20(31)15-13-19/h4-15,31H,16-17H2,1-3H3/t27-,28+/m1/s1. The molecule has 3 aromatic carbocycles. The average molecular weight is 471 g/mol. The molecular formula is C28H26N2O3S. The first-order valence-corrected chi connectivity index (χ1v) is 12.5. The average Bonchev–Trinajstić information content (AvgIpc) is 3.29. The van der Waals surface area contributed by atoms with Crippen LogP contribution >= 0.6 is 11.8 Å². The molecular weight excluding hydrogens is 444 g/mol. The van der Waals surface area contributed by atoms with Crippen molar-refractivity contribution in [2.45, 2.75) is 43.0 Å². The Labute approximate surface area is 203 Å². The van der Waals surface area contributed by atoms with Gasteiger partial charge in [-0.3, -0.25) is 14.5 Å². The van der Waals surface area contributed by atoms with Crippen LogP contribution < -0.4 is 9.80 Å². The van der Waals surface area contributed by atoms with Gasteiger partial charge in [0.25, 0.3) is 5.91 Å². The summed E-state index contributed by atoms with van der Waals surface area (Å²) in [6, 6.07) is 23.2. The second-order valence-corrected chi connectivity index (χ2v) is 11.4. The van der Waals surface area contributed by atoms with Crippen molar-refractivity contribution in [3.05, 3.63) is 89.5 Å². The van der Waals surface area contributed by atoms with E-state index in [-0.39, 0.29) is 28.7 Å². The number of hydrogen-bond acceptors (Lipinski definition) is 4. The van der Waals surface area contributed by atoms with Crippen molar-refractivity contribution in [1.29, 1.82) is 0 Å². The molecule has 3 heterocycles. The van der Waals surface area contributed by atoms with Gasteiger partial charge < -0.3 is 10.0 Å². The number of aromatic hydroxyl groups is 1. The Hall–Kier alpha value is -3.25. The highest BCUT2D eigenvalue weighted by Crippen LogP contribution is 2.62. The Morgan fingerprint density at radius 2 is 1.50 bits per heavy atom. The summed E-state index contributed by atoms with van der Waals surface area (Å²) in [6.45, 7) is 6.51. The number of rotatable bonds is 2. The van der Waals surface area contributed by atoms with E-state index in [1.165, 1.54) is 17.3 Å². The van der Waals surface area contributed by atoms with E-state index in [1.54, 1.807) is 29.2 Å². The zero-order valence-corrected chi connectivity index (χ0v) is 20.2. The lowest BCUT2D eigenvalue weighted by Gasteiger charge is -2.50. The van der Waals surface area contributed by atoms with E-state index in [4.69, 9.17) is 0 Å². The van der Waals surface area contributed by atoms with Crippen molar-refractivity contribution < 1.29 is 14.7 Å². The van der Waals surface area contributed by atoms with Crippen LogP contribution in [0.25, 0.3) is 0 Å². The van der Waals surface area contributed by atoms with E-state index in [0.29, 0.717) is 5.69 Å². The Balaban J connectivity index is 1.63. The van der Waals surface area contributed by atoms with Crippen LogP contribution in [0.4, 0.5) is 11.4 Å². The normalized spacial score (nSPS) is 26.9. The van der Waals surface area contributed by atoms with Crippen LogP contribution in [0.2, 0.25) is 0 Å². The van der Waals surface area contributed by atoms with Gasteiger partial charge in [0.1, 0.15) is 5.75 Å². The maximum absolute atomic E-state index is 14.4. The first kappa shape index (κ1) is 21.3. The molecule has 3 aromatic rings. The third kappa shape index (κ3) is 2.57. The molecule has 3 aliphatic heterocycles. The predicted molar refractivity (Wildman–Crippen MR) is 135 cm³/mol. The lowest BCUT2D eigenvalue weighted by molar-refractivity contribution is -0.124. The van der Waals surface area contributed by atoms with E-state index in [9.17, 15) is 14.7 Å². The molecule has 0 aliphatic carbocycles. The zero-order chi connectivity index (χ0) is 23.9.